The van der Waals surface area contributed by atoms with E-state index in [2.05, 4.69) is 20.5 Å². The van der Waals surface area contributed by atoms with E-state index >= 15 is 0 Å². The number of imidazole rings is 1. The van der Waals surface area contributed by atoms with Crippen molar-refractivity contribution in [2.75, 3.05) is 31.1 Å². The van der Waals surface area contributed by atoms with E-state index in [1.54, 1.807) is 0 Å². The Kier molecular flexibility index (Phi) is 4.47. The molecule has 2 aromatic heterocycles. The number of hydrogen-bond donors (Lipinski definition) is 0. The minimum Gasteiger partial charge on any atom is -0.353 e. The first kappa shape index (κ1) is 17.2. The van der Waals surface area contributed by atoms with E-state index in [0.717, 1.165) is 48.5 Å². The zero-order chi connectivity index (χ0) is 18.9. The number of carbonyl (C=O) groups is 1. The minimum absolute atomic E-state index is 0.103. The summed E-state index contributed by atoms with van der Waals surface area (Å²) >= 11 is 0. The molecular formula is C22H25N5O. The molecule has 0 spiro atoms. The number of aryl methyl sites for hydroxylation is 2. The first-order valence-electron chi connectivity index (χ1n) is 10.2. The summed E-state index contributed by atoms with van der Waals surface area (Å²) in [5.74, 6) is 2.25. The van der Waals surface area contributed by atoms with Gasteiger partial charge in [0.25, 0.3) is 5.91 Å². The van der Waals surface area contributed by atoms with Crippen LogP contribution in [0.5, 0.6) is 0 Å². The molecule has 144 valence electrons. The van der Waals surface area contributed by atoms with Gasteiger partial charge in [-0.1, -0.05) is 12.5 Å². The molecule has 1 amide bonds. The summed E-state index contributed by atoms with van der Waals surface area (Å²) in [6.45, 7) is 4.09. The van der Waals surface area contributed by atoms with Crippen molar-refractivity contribution >= 4 is 22.8 Å². The molecule has 6 nitrogen and oxygen atoms in total. The van der Waals surface area contributed by atoms with Gasteiger partial charge in [0.1, 0.15) is 11.6 Å². The van der Waals surface area contributed by atoms with Gasteiger partial charge in [-0.2, -0.15) is 0 Å². The van der Waals surface area contributed by atoms with Gasteiger partial charge in [-0.05, 0) is 43.2 Å². The number of rotatable bonds is 2. The number of anilines is 1. The number of aromatic nitrogens is 3. The summed E-state index contributed by atoms with van der Waals surface area (Å²) < 4.78 is 2.34. The molecular weight excluding hydrogens is 350 g/mol. The lowest BCUT2D eigenvalue weighted by molar-refractivity contribution is 0.0746. The monoisotopic (exact) mass is 375 g/mol. The lowest BCUT2D eigenvalue weighted by Crippen LogP contribution is -2.49. The summed E-state index contributed by atoms with van der Waals surface area (Å²) in [5, 5.41) is 0. The van der Waals surface area contributed by atoms with E-state index in [4.69, 9.17) is 4.98 Å². The molecule has 2 aliphatic heterocycles. The van der Waals surface area contributed by atoms with Crippen molar-refractivity contribution in [3.8, 4) is 0 Å². The molecule has 0 saturated carbocycles. The molecule has 0 unspecified atom stereocenters. The fraction of sp³-hybridized carbons (Fsp3) is 0.409. The second-order valence-corrected chi connectivity index (χ2v) is 7.66. The number of hydrogen-bond acceptors (Lipinski definition) is 4. The van der Waals surface area contributed by atoms with E-state index in [1.807, 2.05) is 41.4 Å². The summed E-state index contributed by atoms with van der Waals surface area (Å²) in [4.78, 5) is 26.5. The van der Waals surface area contributed by atoms with Crippen LogP contribution in [0.3, 0.4) is 0 Å². The lowest BCUT2D eigenvalue weighted by atomic mass is 10.1. The highest BCUT2D eigenvalue weighted by molar-refractivity contribution is 5.97. The Hall–Kier alpha value is -2.89. The number of fused-ring (bicyclic) bond motifs is 3. The van der Waals surface area contributed by atoms with E-state index in [-0.39, 0.29) is 5.91 Å². The molecule has 6 heteroatoms. The van der Waals surface area contributed by atoms with Crippen LogP contribution in [0.1, 0.15) is 35.4 Å². The maximum Gasteiger partial charge on any atom is 0.254 e. The van der Waals surface area contributed by atoms with Crippen molar-refractivity contribution < 1.29 is 4.79 Å². The van der Waals surface area contributed by atoms with Crippen LogP contribution in [0.2, 0.25) is 0 Å². The van der Waals surface area contributed by atoms with Gasteiger partial charge in [-0.25, -0.2) is 9.97 Å². The smallest absolute Gasteiger partial charge is 0.254 e. The molecule has 5 rings (SSSR count). The highest BCUT2D eigenvalue weighted by atomic mass is 16.2. The summed E-state index contributed by atoms with van der Waals surface area (Å²) in [7, 11) is 0. The molecule has 28 heavy (non-hydrogen) atoms. The largest absolute Gasteiger partial charge is 0.353 e. The van der Waals surface area contributed by atoms with Gasteiger partial charge in [0.05, 0.1) is 11.0 Å². The van der Waals surface area contributed by atoms with Crippen molar-refractivity contribution in [1.82, 2.24) is 19.4 Å². The van der Waals surface area contributed by atoms with Crippen molar-refractivity contribution in [1.29, 1.82) is 0 Å². The van der Waals surface area contributed by atoms with Gasteiger partial charge < -0.3 is 14.4 Å². The maximum atomic E-state index is 13.0. The van der Waals surface area contributed by atoms with Crippen LogP contribution < -0.4 is 4.90 Å². The van der Waals surface area contributed by atoms with E-state index in [0.29, 0.717) is 13.1 Å². The number of piperazine rings is 1. The average molecular weight is 375 g/mol. The van der Waals surface area contributed by atoms with Crippen LogP contribution in [0, 0.1) is 0 Å². The fourth-order valence-electron chi connectivity index (χ4n) is 4.34. The van der Waals surface area contributed by atoms with E-state index in [1.165, 1.54) is 25.1 Å². The van der Waals surface area contributed by atoms with Crippen LogP contribution in [0.25, 0.3) is 11.0 Å². The number of carbonyl (C=O) groups excluding carboxylic acids is 1. The highest BCUT2D eigenvalue weighted by Crippen LogP contribution is 2.24. The van der Waals surface area contributed by atoms with Gasteiger partial charge in [-0.3, -0.25) is 4.79 Å². The number of nitrogens with zero attached hydrogens (tertiary/aromatic N) is 5. The number of amides is 1. The van der Waals surface area contributed by atoms with Gasteiger partial charge in [-0.15, -0.1) is 0 Å². The molecule has 0 N–H and O–H groups in total. The van der Waals surface area contributed by atoms with Gasteiger partial charge in [0, 0.05) is 50.9 Å². The van der Waals surface area contributed by atoms with Crippen molar-refractivity contribution in [3.63, 3.8) is 0 Å². The predicted octanol–water partition coefficient (Wildman–Crippen LogP) is 3.12. The Balaban J connectivity index is 1.32. The molecule has 1 fully saturated rings. The van der Waals surface area contributed by atoms with Crippen LogP contribution in [0.4, 0.5) is 5.82 Å². The lowest BCUT2D eigenvalue weighted by Gasteiger charge is -2.35. The molecule has 0 aliphatic carbocycles. The fourth-order valence-corrected chi connectivity index (χ4v) is 4.34. The standard InChI is InChI=1S/C22H25N5O/c28-22(26-14-12-25(13-15-26)20-6-3-4-10-23-20)17-8-9-19-18(16-17)24-21-7-2-1-5-11-27(19)21/h3-4,6,8-10,16H,1-2,5,7,11-15H2. The Bertz CT molecular complexity index is 989. The Morgan fingerprint density at radius 1 is 0.929 bits per heavy atom. The molecule has 0 radical (unpaired) electrons. The average Bonchev–Trinajstić information content (AvgIpc) is 2.93. The maximum absolute atomic E-state index is 13.0. The van der Waals surface area contributed by atoms with Gasteiger partial charge in [0.2, 0.25) is 0 Å². The summed E-state index contributed by atoms with van der Waals surface area (Å²) in [6.07, 6.45) is 6.53. The SMILES string of the molecule is O=C(c1ccc2c(c1)nc1n2CCCCC1)N1CCN(c2ccccn2)CC1. The Morgan fingerprint density at radius 3 is 2.64 bits per heavy atom. The Morgan fingerprint density at radius 2 is 1.82 bits per heavy atom. The number of pyridine rings is 1. The second kappa shape index (κ2) is 7.26. The normalized spacial score (nSPS) is 17.4. The van der Waals surface area contributed by atoms with Crippen molar-refractivity contribution in [2.24, 2.45) is 0 Å². The first-order valence-corrected chi connectivity index (χ1v) is 10.2. The molecule has 0 bridgehead atoms. The van der Waals surface area contributed by atoms with E-state index < -0.39 is 0 Å². The van der Waals surface area contributed by atoms with Crippen LogP contribution >= 0.6 is 0 Å². The summed E-state index contributed by atoms with van der Waals surface area (Å²) in [6, 6.07) is 12.0. The van der Waals surface area contributed by atoms with Gasteiger partial charge >= 0.3 is 0 Å². The molecule has 1 saturated heterocycles. The molecule has 3 aromatic rings. The predicted molar refractivity (Wildman–Crippen MR) is 110 cm³/mol. The first-order chi connectivity index (χ1) is 13.8. The molecule has 4 heterocycles. The topological polar surface area (TPSA) is 54.3 Å². The third-order valence-electron chi connectivity index (χ3n) is 5.90. The van der Waals surface area contributed by atoms with Crippen LogP contribution in [-0.4, -0.2) is 51.5 Å². The van der Waals surface area contributed by atoms with Gasteiger partial charge in [0.15, 0.2) is 0 Å². The van der Waals surface area contributed by atoms with Crippen LogP contribution in [-0.2, 0) is 13.0 Å². The third kappa shape index (κ3) is 3.13. The van der Waals surface area contributed by atoms with Crippen LogP contribution in [0.15, 0.2) is 42.6 Å². The quantitative estimate of drug-likeness (QED) is 0.691. The minimum atomic E-state index is 0.103. The zero-order valence-corrected chi connectivity index (χ0v) is 16.0. The number of benzene rings is 1. The van der Waals surface area contributed by atoms with Crippen molar-refractivity contribution in [3.05, 3.63) is 54.0 Å². The Labute approximate surface area is 164 Å². The molecule has 0 atom stereocenters. The summed E-state index contributed by atoms with van der Waals surface area (Å²) in [5.41, 5.74) is 2.86. The van der Waals surface area contributed by atoms with Crippen molar-refractivity contribution in [2.45, 2.75) is 32.2 Å². The second-order valence-electron chi connectivity index (χ2n) is 7.66. The molecule has 1 aromatic carbocycles. The van der Waals surface area contributed by atoms with E-state index in [9.17, 15) is 4.79 Å². The zero-order valence-electron chi connectivity index (χ0n) is 16.0. The highest BCUT2D eigenvalue weighted by Gasteiger charge is 2.23. The third-order valence-corrected chi connectivity index (χ3v) is 5.90. The molecule has 2 aliphatic rings.